The summed E-state index contributed by atoms with van der Waals surface area (Å²) in [6, 6.07) is 3.97. The molecule has 0 aromatic carbocycles. The number of furan rings is 1. The van der Waals surface area contributed by atoms with Crippen molar-refractivity contribution in [2.75, 3.05) is 20.7 Å². The van der Waals surface area contributed by atoms with E-state index in [-0.39, 0.29) is 6.61 Å². The maximum atomic E-state index is 8.63. The smallest absolute Gasteiger partial charge is 0.118 e. The van der Waals surface area contributed by atoms with Gasteiger partial charge in [-0.05, 0) is 32.6 Å². The molecule has 74 valence electrons. The van der Waals surface area contributed by atoms with Gasteiger partial charge in [0.1, 0.15) is 11.5 Å². The lowest BCUT2D eigenvalue weighted by molar-refractivity contribution is 0.281. The molecule has 0 atom stereocenters. The summed E-state index contributed by atoms with van der Waals surface area (Å²) in [4.78, 5) is 2.06. The van der Waals surface area contributed by atoms with E-state index in [4.69, 9.17) is 9.52 Å². The van der Waals surface area contributed by atoms with Crippen molar-refractivity contribution in [2.24, 2.45) is 0 Å². The molecule has 1 heterocycles. The summed E-state index contributed by atoms with van der Waals surface area (Å²) in [7, 11) is 4.02. The van der Waals surface area contributed by atoms with Crippen LogP contribution in [0.4, 0.5) is 0 Å². The van der Waals surface area contributed by atoms with Gasteiger partial charge in [0.15, 0.2) is 0 Å². The third kappa shape index (κ3) is 3.61. The van der Waals surface area contributed by atoms with Gasteiger partial charge in [-0.25, -0.2) is 0 Å². The number of aryl methyl sites for hydroxylation is 1. The van der Waals surface area contributed by atoms with Gasteiger partial charge in [-0.2, -0.15) is 0 Å². The van der Waals surface area contributed by atoms with Crippen LogP contribution in [-0.4, -0.2) is 30.7 Å². The van der Waals surface area contributed by atoms with Crippen molar-refractivity contribution in [3.8, 4) is 0 Å². The Labute approximate surface area is 79.0 Å². The fraction of sp³-hybridized carbons (Fsp3) is 0.600. The van der Waals surface area contributed by atoms with Gasteiger partial charge in [0.25, 0.3) is 0 Å². The van der Waals surface area contributed by atoms with Crippen molar-refractivity contribution in [1.29, 1.82) is 0 Å². The van der Waals surface area contributed by atoms with Crippen LogP contribution in [0.25, 0.3) is 0 Å². The Morgan fingerprint density at radius 3 is 2.62 bits per heavy atom. The van der Waals surface area contributed by atoms with Gasteiger partial charge >= 0.3 is 0 Å². The van der Waals surface area contributed by atoms with E-state index in [1.54, 1.807) is 0 Å². The second-order valence-electron chi connectivity index (χ2n) is 3.43. The Balaban J connectivity index is 2.44. The first-order chi connectivity index (χ1) is 6.22. The summed E-state index contributed by atoms with van der Waals surface area (Å²) in [5, 5.41) is 8.63. The first-order valence-electron chi connectivity index (χ1n) is 4.55. The van der Waals surface area contributed by atoms with E-state index in [0.29, 0.717) is 0 Å². The lowest BCUT2D eigenvalue weighted by Crippen LogP contribution is -2.09. The fourth-order valence-corrected chi connectivity index (χ4v) is 1.21. The summed E-state index contributed by atoms with van der Waals surface area (Å²) in [5.74, 6) is 1.95. The molecular formula is C10H17NO2. The zero-order chi connectivity index (χ0) is 9.68. The van der Waals surface area contributed by atoms with Gasteiger partial charge in [-0.15, -0.1) is 0 Å². The third-order valence-electron chi connectivity index (χ3n) is 1.77. The molecule has 0 saturated heterocycles. The molecule has 1 aromatic heterocycles. The second kappa shape index (κ2) is 5.04. The average molecular weight is 183 g/mol. The summed E-state index contributed by atoms with van der Waals surface area (Å²) >= 11 is 0. The zero-order valence-electron chi connectivity index (χ0n) is 8.29. The molecule has 0 saturated carbocycles. The highest BCUT2D eigenvalue weighted by Crippen LogP contribution is 2.10. The molecule has 0 aliphatic rings. The molecule has 0 fully saturated rings. The van der Waals surface area contributed by atoms with Crippen LogP contribution >= 0.6 is 0 Å². The van der Waals surface area contributed by atoms with Gasteiger partial charge in [0, 0.05) is 13.0 Å². The molecule has 0 radical (unpaired) electrons. The van der Waals surface area contributed by atoms with E-state index < -0.39 is 0 Å². The molecule has 1 aromatic rings. The van der Waals surface area contributed by atoms with Crippen LogP contribution in [0.5, 0.6) is 0 Å². The standard InChI is InChI=1S/C10H17NO2/c1-11(2)8-10-6-5-9(13-10)4-3-7-12/h5-6,12H,3-4,7-8H2,1-2H3. The molecule has 3 heteroatoms. The van der Waals surface area contributed by atoms with Crippen LogP contribution in [-0.2, 0) is 13.0 Å². The zero-order valence-corrected chi connectivity index (χ0v) is 8.29. The molecule has 0 spiro atoms. The van der Waals surface area contributed by atoms with Crippen molar-refractivity contribution < 1.29 is 9.52 Å². The Kier molecular flexibility index (Phi) is 3.99. The monoisotopic (exact) mass is 183 g/mol. The van der Waals surface area contributed by atoms with Gasteiger partial charge < -0.3 is 14.4 Å². The van der Waals surface area contributed by atoms with Crippen molar-refractivity contribution in [2.45, 2.75) is 19.4 Å². The summed E-state index contributed by atoms with van der Waals surface area (Å²) < 4.78 is 5.54. The van der Waals surface area contributed by atoms with Crippen LogP contribution < -0.4 is 0 Å². The number of hydrogen-bond donors (Lipinski definition) is 1. The SMILES string of the molecule is CN(C)Cc1ccc(CCCO)o1. The molecule has 0 amide bonds. The molecule has 1 N–H and O–H groups in total. The summed E-state index contributed by atoms with van der Waals surface area (Å²) in [6.07, 6.45) is 1.60. The number of rotatable bonds is 5. The number of hydrogen-bond acceptors (Lipinski definition) is 3. The predicted octanol–water partition coefficient (Wildman–Crippen LogP) is 1.27. The Morgan fingerprint density at radius 1 is 1.31 bits per heavy atom. The highest BCUT2D eigenvalue weighted by molar-refractivity contribution is 5.07. The quantitative estimate of drug-likeness (QED) is 0.746. The van der Waals surface area contributed by atoms with E-state index in [2.05, 4.69) is 4.90 Å². The van der Waals surface area contributed by atoms with Crippen LogP contribution in [0.3, 0.4) is 0 Å². The minimum Gasteiger partial charge on any atom is -0.465 e. The normalized spacial score (nSPS) is 11.1. The largest absolute Gasteiger partial charge is 0.465 e. The highest BCUT2D eigenvalue weighted by Gasteiger charge is 2.02. The summed E-state index contributed by atoms with van der Waals surface area (Å²) in [6.45, 7) is 1.06. The predicted molar refractivity (Wildman–Crippen MR) is 51.5 cm³/mol. The Morgan fingerprint density at radius 2 is 2.00 bits per heavy atom. The maximum Gasteiger partial charge on any atom is 0.118 e. The van der Waals surface area contributed by atoms with Gasteiger partial charge in [-0.1, -0.05) is 0 Å². The van der Waals surface area contributed by atoms with Crippen molar-refractivity contribution in [3.05, 3.63) is 23.7 Å². The van der Waals surface area contributed by atoms with E-state index >= 15 is 0 Å². The van der Waals surface area contributed by atoms with Crippen LogP contribution in [0, 0.1) is 0 Å². The van der Waals surface area contributed by atoms with Crippen molar-refractivity contribution in [3.63, 3.8) is 0 Å². The van der Waals surface area contributed by atoms with Gasteiger partial charge in [-0.3, -0.25) is 0 Å². The fourth-order valence-electron chi connectivity index (χ4n) is 1.21. The first-order valence-corrected chi connectivity index (χ1v) is 4.55. The Hall–Kier alpha value is -0.800. The molecule has 0 unspecified atom stereocenters. The topological polar surface area (TPSA) is 36.6 Å². The van der Waals surface area contributed by atoms with Gasteiger partial charge in [0.05, 0.1) is 6.54 Å². The molecule has 1 rings (SSSR count). The van der Waals surface area contributed by atoms with E-state index in [1.165, 1.54) is 0 Å². The molecule has 0 aliphatic carbocycles. The second-order valence-corrected chi connectivity index (χ2v) is 3.43. The first kappa shape index (κ1) is 10.3. The number of aliphatic hydroxyl groups excluding tert-OH is 1. The van der Waals surface area contributed by atoms with Crippen LogP contribution in [0.2, 0.25) is 0 Å². The maximum absolute atomic E-state index is 8.63. The van der Waals surface area contributed by atoms with Crippen LogP contribution in [0.15, 0.2) is 16.5 Å². The minimum absolute atomic E-state index is 0.226. The highest BCUT2D eigenvalue weighted by atomic mass is 16.3. The lowest BCUT2D eigenvalue weighted by Gasteiger charge is -2.05. The van der Waals surface area contributed by atoms with Crippen LogP contribution in [0.1, 0.15) is 17.9 Å². The molecule has 3 nitrogen and oxygen atoms in total. The molecular weight excluding hydrogens is 166 g/mol. The third-order valence-corrected chi connectivity index (χ3v) is 1.77. The van der Waals surface area contributed by atoms with Crippen molar-refractivity contribution >= 4 is 0 Å². The Bertz CT molecular complexity index is 243. The number of nitrogens with zero attached hydrogens (tertiary/aromatic N) is 1. The van der Waals surface area contributed by atoms with E-state index in [1.807, 2.05) is 26.2 Å². The molecule has 13 heavy (non-hydrogen) atoms. The minimum atomic E-state index is 0.226. The van der Waals surface area contributed by atoms with E-state index in [9.17, 15) is 0 Å². The van der Waals surface area contributed by atoms with Gasteiger partial charge in [0.2, 0.25) is 0 Å². The molecule has 0 bridgehead atoms. The average Bonchev–Trinajstić information content (AvgIpc) is 2.48. The lowest BCUT2D eigenvalue weighted by atomic mass is 10.2. The van der Waals surface area contributed by atoms with Crippen molar-refractivity contribution in [1.82, 2.24) is 4.90 Å². The number of aliphatic hydroxyl groups is 1. The van der Waals surface area contributed by atoms with E-state index in [0.717, 1.165) is 30.9 Å². The molecule has 0 aliphatic heterocycles. The summed E-state index contributed by atoms with van der Waals surface area (Å²) in [5.41, 5.74) is 0.